The number of benzene rings is 3. The van der Waals surface area contributed by atoms with Crippen molar-refractivity contribution in [2.45, 2.75) is 24.2 Å². The van der Waals surface area contributed by atoms with Crippen LogP contribution in [0, 0.1) is 6.92 Å². The second-order valence-electron chi connectivity index (χ2n) is 8.00. The van der Waals surface area contributed by atoms with Crippen molar-refractivity contribution >= 4 is 22.5 Å². The van der Waals surface area contributed by atoms with Crippen molar-refractivity contribution in [3.8, 4) is 11.5 Å². The SMILES string of the molecule is Cc1c(SCc2nnc(-c3ccc4ccccc4c3)o2)n(C)c(=O)n(Cc2ccccc2)c1=O. The molecule has 0 bridgehead atoms. The van der Waals surface area contributed by atoms with Crippen LogP contribution in [-0.2, 0) is 19.3 Å². The highest BCUT2D eigenvalue weighted by Crippen LogP contribution is 2.26. The summed E-state index contributed by atoms with van der Waals surface area (Å²) in [6.07, 6.45) is 0. The summed E-state index contributed by atoms with van der Waals surface area (Å²) < 4.78 is 8.64. The van der Waals surface area contributed by atoms with Gasteiger partial charge in [-0.2, -0.15) is 0 Å². The summed E-state index contributed by atoms with van der Waals surface area (Å²) in [4.78, 5) is 25.9. The van der Waals surface area contributed by atoms with Crippen molar-refractivity contribution < 1.29 is 4.42 Å². The zero-order chi connectivity index (χ0) is 23.7. The molecule has 2 aromatic heterocycles. The van der Waals surface area contributed by atoms with Crippen LogP contribution < -0.4 is 11.2 Å². The van der Waals surface area contributed by atoms with Crippen LogP contribution >= 0.6 is 11.8 Å². The molecule has 5 rings (SSSR count). The molecular weight excluding hydrogens is 448 g/mol. The van der Waals surface area contributed by atoms with Crippen molar-refractivity contribution in [3.05, 3.63) is 111 Å². The van der Waals surface area contributed by atoms with Gasteiger partial charge in [0, 0.05) is 18.2 Å². The summed E-state index contributed by atoms with van der Waals surface area (Å²) in [5, 5.41) is 11.2. The van der Waals surface area contributed by atoms with Crippen molar-refractivity contribution in [2.75, 3.05) is 0 Å². The standard InChI is InChI=1S/C26H22N4O3S/c1-17-24(31)30(15-18-8-4-3-5-9-18)26(32)29(2)25(17)34-16-22-27-28-23(33-22)21-13-12-19-10-6-7-11-20(19)14-21/h3-14H,15-16H2,1-2H3. The van der Waals surface area contributed by atoms with E-state index in [0.717, 1.165) is 21.9 Å². The van der Waals surface area contributed by atoms with Crippen molar-refractivity contribution in [2.24, 2.45) is 7.05 Å². The number of aromatic nitrogens is 4. The van der Waals surface area contributed by atoms with Crippen LogP contribution in [0.4, 0.5) is 0 Å². The molecule has 0 aliphatic rings. The minimum absolute atomic E-state index is 0.233. The maximum Gasteiger partial charge on any atom is 0.331 e. The first-order valence-electron chi connectivity index (χ1n) is 10.8. The molecule has 0 fully saturated rings. The van der Waals surface area contributed by atoms with Gasteiger partial charge in [0.05, 0.1) is 17.3 Å². The summed E-state index contributed by atoms with van der Waals surface area (Å²) in [5.41, 5.74) is 1.60. The Kier molecular flexibility index (Phi) is 5.90. The Morgan fingerprint density at radius 3 is 2.44 bits per heavy atom. The van der Waals surface area contributed by atoms with Crippen molar-refractivity contribution in [1.29, 1.82) is 0 Å². The Bertz CT molecular complexity index is 1570. The van der Waals surface area contributed by atoms with Gasteiger partial charge in [0.25, 0.3) is 5.56 Å². The molecule has 0 amide bonds. The maximum atomic E-state index is 13.0. The highest BCUT2D eigenvalue weighted by molar-refractivity contribution is 7.98. The van der Waals surface area contributed by atoms with E-state index in [2.05, 4.69) is 16.3 Å². The van der Waals surface area contributed by atoms with Gasteiger partial charge < -0.3 is 4.42 Å². The lowest BCUT2D eigenvalue weighted by molar-refractivity contribution is 0.528. The van der Waals surface area contributed by atoms with Gasteiger partial charge in [0.1, 0.15) is 0 Å². The quantitative estimate of drug-likeness (QED) is 0.270. The number of fused-ring (bicyclic) bond motifs is 1. The molecule has 0 saturated carbocycles. The predicted molar refractivity (Wildman–Crippen MR) is 133 cm³/mol. The summed E-state index contributed by atoms with van der Waals surface area (Å²) in [7, 11) is 1.67. The third-order valence-electron chi connectivity index (χ3n) is 5.69. The molecule has 0 atom stereocenters. The van der Waals surface area contributed by atoms with Crippen LogP contribution in [0.1, 0.15) is 17.0 Å². The Morgan fingerprint density at radius 1 is 0.912 bits per heavy atom. The lowest BCUT2D eigenvalue weighted by atomic mass is 10.1. The molecule has 7 nitrogen and oxygen atoms in total. The average molecular weight is 471 g/mol. The van der Waals surface area contributed by atoms with E-state index in [-0.39, 0.29) is 17.8 Å². The van der Waals surface area contributed by atoms with E-state index in [1.54, 1.807) is 14.0 Å². The molecule has 0 saturated heterocycles. The zero-order valence-corrected chi connectivity index (χ0v) is 19.6. The Morgan fingerprint density at radius 2 is 1.65 bits per heavy atom. The number of hydrogen-bond acceptors (Lipinski definition) is 6. The summed E-state index contributed by atoms with van der Waals surface area (Å²) in [6, 6.07) is 23.5. The largest absolute Gasteiger partial charge is 0.420 e. The molecule has 3 aromatic carbocycles. The minimum Gasteiger partial charge on any atom is -0.420 e. The third-order valence-corrected chi connectivity index (χ3v) is 6.93. The molecule has 0 unspecified atom stereocenters. The van der Waals surface area contributed by atoms with Crippen LogP contribution in [0.5, 0.6) is 0 Å². The molecular formula is C26H22N4O3S. The van der Waals surface area contributed by atoms with Crippen LogP contribution in [0.15, 0.2) is 91.8 Å². The first kappa shape index (κ1) is 21.9. The molecule has 0 aliphatic heterocycles. The highest BCUT2D eigenvalue weighted by Gasteiger charge is 2.17. The van der Waals surface area contributed by atoms with Gasteiger partial charge in [0.15, 0.2) is 0 Å². The number of nitrogens with zero attached hydrogens (tertiary/aromatic N) is 4. The molecule has 2 heterocycles. The Hall–Kier alpha value is -3.91. The van der Waals surface area contributed by atoms with E-state index in [1.807, 2.05) is 66.7 Å². The van der Waals surface area contributed by atoms with Gasteiger partial charge in [-0.25, -0.2) is 4.79 Å². The second kappa shape index (κ2) is 9.15. The average Bonchev–Trinajstić information content (AvgIpc) is 3.35. The van der Waals surface area contributed by atoms with Gasteiger partial charge >= 0.3 is 5.69 Å². The van der Waals surface area contributed by atoms with E-state index in [0.29, 0.717) is 28.1 Å². The van der Waals surface area contributed by atoms with Crippen LogP contribution in [0.2, 0.25) is 0 Å². The summed E-state index contributed by atoms with van der Waals surface area (Å²) in [5.74, 6) is 1.20. The number of rotatable bonds is 6. The van der Waals surface area contributed by atoms with E-state index >= 15 is 0 Å². The molecule has 0 N–H and O–H groups in total. The van der Waals surface area contributed by atoms with Crippen LogP contribution in [-0.4, -0.2) is 19.3 Å². The Balaban J connectivity index is 1.38. The fourth-order valence-electron chi connectivity index (χ4n) is 3.89. The molecule has 170 valence electrons. The normalized spacial score (nSPS) is 11.2. The molecule has 5 aromatic rings. The summed E-state index contributed by atoms with van der Waals surface area (Å²) >= 11 is 1.33. The summed E-state index contributed by atoms with van der Waals surface area (Å²) in [6.45, 7) is 1.97. The van der Waals surface area contributed by atoms with Gasteiger partial charge in [-0.3, -0.25) is 13.9 Å². The van der Waals surface area contributed by atoms with Gasteiger partial charge in [-0.05, 0) is 35.4 Å². The fourth-order valence-corrected chi connectivity index (χ4v) is 4.84. The first-order chi connectivity index (χ1) is 16.5. The Labute approximate surface area is 199 Å². The zero-order valence-electron chi connectivity index (χ0n) is 18.8. The monoisotopic (exact) mass is 470 g/mol. The minimum atomic E-state index is -0.357. The van der Waals surface area contributed by atoms with E-state index in [9.17, 15) is 9.59 Å². The van der Waals surface area contributed by atoms with Gasteiger partial charge in [-0.1, -0.05) is 72.4 Å². The smallest absolute Gasteiger partial charge is 0.331 e. The van der Waals surface area contributed by atoms with Crippen LogP contribution in [0.25, 0.3) is 22.2 Å². The highest BCUT2D eigenvalue weighted by atomic mass is 32.2. The van der Waals surface area contributed by atoms with E-state index < -0.39 is 0 Å². The molecule has 0 spiro atoms. The number of hydrogen-bond donors (Lipinski definition) is 0. The van der Waals surface area contributed by atoms with Crippen LogP contribution in [0.3, 0.4) is 0 Å². The third kappa shape index (κ3) is 4.20. The van der Waals surface area contributed by atoms with Crippen molar-refractivity contribution in [3.63, 3.8) is 0 Å². The second-order valence-corrected chi connectivity index (χ2v) is 8.96. The molecule has 0 radical (unpaired) electrons. The van der Waals surface area contributed by atoms with Gasteiger partial charge in [-0.15, -0.1) is 10.2 Å². The fraction of sp³-hybridized carbons (Fsp3) is 0.154. The number of thioether (sulfide) groups is 1. The van der Waals surface area contributed by atoms with Gasteiger partial charge in [0.2, 0.25) is 11.8 Å². The topological polar surface area (TPSA) is 82.9 Å². The molecule has 8 heteroatoms. The van der Waals surface area contributed by atoms with E-state index in [1.165, 1.54) is 20.9 Å². The maximum absolute atomic E-state index is 13.0. The van der Waals surface area contributed by atoms with E-state index in [4.69, 9.17) is 4.42 Å². The molecule has 0 aliphatic carbocycles. The lowest BCUT2D eigenvalue weighted by Gasteiger charge is -2.14. The molecule has 34 heavy (non-hydrogen) atoms. The van der Waals surface area contributed by atoms with Crippen molar-refractivity contribution in [1.82, 2.24) is 19.3 Å². The first-order valence-corrected chi connectivity index (χ1v) is 11.8. The lowest BCUT2D eigenvalue weighted by Crippen LogP contribution is -2.41. The predicted octanol–water partition coefficient (Wildman–Crippen LogP) is 4.40.